The number of imidazole rings is 1. The first kappa shape index (κ1) is 16.6. The molecule has 5 heteroatoms. The zero-order valence-electron chi connectivity index (χ0n) is 14.2. The van der Waals surface area contributed by atoms with E-state index in [1.54, 1.807) is 13.2 Å². The highest BCUT2D eigenvalue weighted by Crippen LogP contribution is 2.33. The van der Waals surface area contributed by atoms with Crippen LogP contribution in [-0.2, 0) is 0 Å². The van der Waals surface area contributed by atoms with Gasteiger partial charge in [-0.15, -0.1) is 0 Å². The van der Waals surface area contributed by atoms with Crippen LogP contribution in [0.4, 0.5) is 0 Å². The first-order valence-corrected chi connectivity index (χ1v) is 8.13. The number of methoxy groups -OCH3 is 1. The zero-order chi connectivity index (χ0) is 17.6. The first-order chi connectivity index (χ1) is 12.3. The third kappa shape index (κ3) is 3.48. The largest absolute Gasteiger partial charge is 0.493 e. The van der Waals surface area contributed by atoms with Crippen LogP contribution in [0, 0.1) is 11.3 Å². The summed E-state index contributed by atoms with van der Waals surface area (Å²) >= 11 is 0. The fourth-order valence-electron chi connectivity index (χ4n) is 2.56. The SMILES string of the molecule is CCCOc1c(/C=C(/C#N)c2nc3ccccc3[nH]2)cccc1OC. The van der Waals surface area contributed by atoms with E-state index in [2.05, 4.69) is 16.0 Å². The van der Waals surface area contributed by atoms with Gasteiger partial charge in [0.25, 0.3) is 0 Å². The number of aromatic nitrogens is 2. The Morgan fingerprint density at radius 1 is 1.24 bits per heavy atom. The summed E-state index contributed by atoms with van der Waals surface area (Å²) in [6, 6.07) is 15.5. The molecule has 25 heavy (non-hydrogen) atoms. The van der Waals surface area contributed by atoms with Gasteiger partial charge in [0.15, 0.2) is 11.5 Å². The van der Waals surface area contributed by atoms with Crippen LogP contribution in [0.15, 0.2) is 42.5 Å². The normalized spacial score (nSPS) is 11.3. The lowest BCUT2D eigenvalue weighted by atomic mass is 10.1. The second kappa shape index (κ2) is 7.54. The number of nitrogens with one attached hydrogen (secondary N) is 1. The Bertz CT molecular complexity index is 918. The molecule has 3 rings (SSSR count). The van der Waals surface area contributed by atoms with Crippen molar-refractivity contribution in [1.82, 2.24) is 9.97 Å². The van der Waals surface area contributed by atoms with Crippen LogP contribution in [0.1, 0.15) is 24.7 Å². The summed E-state index contributed by atoms with van der Waals surface area (Å²) in [5.41, 5.74) is 2.94. The van der Waals surface area contributed by atoms with E-state index in [-0.39, 0.29) is 0 Å². The van der Waals surface area contributed by atoms with E-state index >= 15 is 0 Å². The van der Waals surface area contributed by atoms with Crippen molar-refractivity contribution in [2.75, 3.05) is 13.7 Å². The van der Waals surface area contributed by atoms with E-state index in [9.17, 15) is 5.26 Å². The van der Waals surface area contributed by atoms with Crippen molar-refractivity contribution >= 4 is 22.7 Å². The third-order valence-electron chi connectivity index (χ3n) is 3.74. The van der Waals surface area contributed by atoms with E-state index in [1.165, 1.54) is 0 Å². The number of nitrogens with zero attached hydrogens (tertiary/aromatic N) is 2. The number of allylic oxidation sites excluding steroid dienone is 1. The molecule has 126 valence electrons. The minimum absolute atomic E-state index is 0.436. The fourth-order valence-corrected chi connectivity index (χ4v) is 2.56. The van der Waals surface area contributed by atoms with Gasteiger partial charge in [-0.05, 0) is 30.7 Å². The van der Waals surface area contributed by atoms with Crippen molar-refractivity contribution in [2.45, 2.75) is 13.3 Å². The van der Waals surface area contributed by atoms with E-state index in [1.807, 2.05) is 49.4 Å². The summed E-state index contributed by atoms with van der Waals surface area (Å²) in [4.78, 5) is 7.68. The van der Waals surface area contributed by atoms with Crippen molar-refractivity contribution in [3.05, 3.63) is 53.9 Å². The fraction of sp³-hybridized carbons (Fsp3) is 0.200. The van der Waals surface area contributed by atoms with Gasteiger partial charge >= 0.3 is 0 Å². The lowest BCUT2D eigenvalue weighted by Crippen LogP contribution is -2.00. The highest BCUT2D eigenvalue weighted by molar-refractivity contribution is 5.91. The lowest BCUT2D eigenvalue weighted by molar-refractivity contribution is 0.293. The molecule has 0 amide bonds. The van der Waals surface area contributed by atoms with Crippen molar-refractivity contribution in [2.24, 2.45) is 0 Å². The molecule has 0 saturated heterocycles. The molecule has 1 N–H and O–H groups in total. The predicted molar refractivity (Wildman–Crippen MR) is 98.4 cm³/mol. The molecule has 5 nitrogen and oxygen atoms in total. The van der Waals surface area contributed by atoms with Crippen molar-refractivity contribution in [1.29, 1.82) is 5.26 Å². The number of hydrogen-bond acceptors (Lipinski definition) is 4. The van der Waals surface area contributed by atoms with Gasteiger partial charge in [-0.3, -0.25) is 0 Å². The zero-order valence-corrected chi connectivity index (χ0v) is 14.2. The van der Waals surface area contributed by atoms with Gasteiger partial charge in [-0.25, -0.2) is 4.98 Å². The number of hydrogen-bond donors (Lipinski definition) is 1. The van der Waals surface area contributed by atoms with E-state index in [0.29, 0.717) is 29.5 Å². The van der Waals surface area contributed by atoms with E-state index in [4.69, 9.17) is 9.47 Å². The number of H-pyrrole nitrogens is 1. The Balaban J connectivity index is 2.06. The second-order valence-corrected chi connectivity index (χ2v) is 5.50. The molecule has 0 saturated carbocycles. The number of ether oxygens (including phenoxy) is 2. The average molecular weight is 333 g/mol. The topological polar surface area (TPSA) is 70.9 Å². The minimum Gasteiger partial charge on any atom is -0.493 e. The maximum absolute atomic E-state index is 9.61. The Morgan fingerprint density at radius 2 is 2.08 bits per heavy atom. The number of fused-ring (bicyclic) bond motifs is 1. The molecule has 0 bridgehead atoms. The monoisotopic (exact) mass is 333 g/mol. The summed E-state index contributed by atoms with van der Waals surface area (Å²) in [6.07, 6.45) is 2.65. The van der Waals surface area contributed by atoms with Crippen LogP contribution < -0.4 is 9.47 Å². The summed E-state index contributed by atoms with van der Waals surface area (Å²) in [7, 11) is 1.60. The van der Waals surface area contributed by atoms with Crippen LogP contribution in [0.5, 0.6) is 11.5 Å². The van der Waals surface area contributed by atoms with Crippen LogP contribution in [0.2, 0.25) is 0 Å². The molecule has 0 aliphatic rings. The molecule has 0 unspecified atom stereocenters. The van der Waals surface area contributed by atoms with Gasteiger partial charge in [0.1, 0.15) is 11.9 Å². The van der Waals surface area contributed by atoms with E-state index < -0.39 is 0 Å². The standard InChI is InChI=1S/C20H19N3O2/c1-3-11-25-19-14(7-6-10-18(19)24-2)12-15(13-21)20-22-16-8-4-5-9-17(16)23-20/h4-10,12H,3,11H2,1-2H3,(H,22,23)/b15-12-. The first-order valence-electron chi connectivity index (χ1n) is 8.13. The minimum atomic E-state index is 0.436. The Kier molecular flexibility index (Phi) is 5.00. The number of benzene rings is 2. The molecule has 0 atom stereocenters. The maximum atomic E-state index is 9.61. The Labute approximate surface area is 146 Å². The van der Waals surface area contributed by atoms with Crippen molar-refractivity contribution in [3.8, 4) is 17.6 Å². The molecule has 0 spiro atoms. The Morgan fingerprint density at radius 3 is 2.80 bits per heavy atom. The van der Waals surface area contributed by atoms with Gasteiger partial charge in [0.2, 0.25) is 0 Å². The number of para-hydroxylation sites is 3. The number of aromatic amines is 1. The third-order valence-corrected chi connectivity index (χ3v) is 3.74. The van der Waals surface area contributed by atoms with Crippen LogP contribution in [-0.4, -0.2) is 23.7 Å². The molecule has 2 aromatic carbocycles. The quantitative estimate of drug-likeness (QED) is 0.678. The molecule has 1 aromatic heterocycles. The molecule has 3 aromatic rings. The number of rotatable bonds is 6. The predicted octanol–water partition coefficient (Wildman–Crippen LogP) is 4.42. The van der Waals surface area contributed by atoms with Crippen molar-refractivity contribution in [3.63, 3.8) is 0 Å². The molecule has 0 radical (unpaired) electrons. The molecule has 0 aliphatic heterocycles. The smallest absolute Gasteiger partial charge is 0.168 e. The van der Waals surface area contributed by atoms with Gasteiger partial charge in [-0.1, -0.05) is 31.2 Å². The van der Waals surface area contributed by atoms with Gasteiger partial charge < -0.3 is 14.5 Å². The maximum Gasteiger partial charge on any atom is 0.168 e. The highest BCUT2D eigenvalue weighted by Gasteiger charge is 2.12. The molecule has 0 aliphatic carbocycles. The van der Waals surface area contributed by atoms with Crippen molar-refractivity contribution < 1.29 is 9.47 Å². The lowest BCUT2D eigenvalue weighted by Gasteiger charge is -2.12. The molecule has 1 heterocycles. The van der Waals surface area contributed by atoms with Gasteiger partial charge in [-0.2, -0.15) is 5.26 Å². The number of nitriles is 1. The molecular formula is C20H19N3O2. The molecular weight excluding hydrogens is 314 g/mol. The summed E-state index contributed by atoms with van der Waals surface area (Å²) in [6.45, 7) is 2.62. The Hall–Kier alpha value is -3.26. The second-order valence-electron chi connectivity index (χ2n) is 5.50. The summed E-state index contributed by atoms with van der Waals surface area (Å²) < 4.78 is 11.2. The van der Waals surface area contributed by atoms with Gasteiger partial charge in [0, 0.05) is 5.56 Å². The van der Waals surface area contributed by atoms with Gasteiger partial charge in [0.05, 0.1) is 30.3 Å². The summed E-state index contributed by atoms with van der Waals surface area (Å²) in [5.74, 6) is 1.81. The van der Waals surface area contributed by atoms with Crippen LogP contribution in [0.25, 0.3) is 22.7 Å². The average Bonchev–Trinajstić information content (AvgIpc) is 3.08. The van der Waals surface area contributed by atoms with E-state index in [0.717, 1.165) is 23.0 Å². The summed E-state index contributed by atoms with van der Waals surface area (Å²) in [5, 5.41) is 9.61. The molecule has 0 fully saturated rings. The highest BCUT2D eigenvalue weighted by atomic mass is 16.5. The van der Waals surface area contributed by atoms with Crippen LogP contribution in [0.3, 0.4) is 0 Å². The van der Waals surface area contributed by atoms with Crippen LogP contribution >= 0.6 is 0 Å².